The van der Waals surface area contributed by atoms with Crippen LogP contribution in [-0.4, -0.2) is 21.1 Å². The molecule has 2 aromatic heterocycles. The van der Waals surface area contributed by atoms with Crippen LogP contribution in [0.2, 0.25) is 0 Å². The molecule has 0 atom stereocenters. The fourth-order valence-corrected chi connectivity index (χ4v) is 2.70. The maximum absolute atomic E-state index is 13.0. The second kappa shape index (κ2) is 7.33. The standard InChI is InChI=1S/C20H15FN4O2/c21-15-8-6-14(7-9-15)20-25-24-18(27-20)11-10-17(26)23-16-5-1-3-13-4-2-12-22-19(13)16/h1-9,12H,10-11H2,(H,23,26). The van der Waals surface area contributed by atoms with Crippen LogP contribution in [-0.2, 0) is 11.2 Å². The Morgan fingerprint density at radius 2 is 1.85 bits per heavy atom. The van der Waals surface area contributed by atoms with Crippen molar-refractivity contribution in [2.24, 2.45) is 0 Å². The molecule has 0 aliphatic carbocycles. The van der Waals surface area contributed by atoms with E-state index in [9.17, 15) is 9.18 Å². The van der Waals surface area contributed by atoms with Gasteiger partial charge in [-0.25, -0.2) is 4.39 Å². The van der Waals surface area contributed by atoms with Gasteiger partial charge in [0.1, 0.15) is 5.82 Å². The number of nitrogens with zero attached hydrogens (tertiary/aromatic N) is 3. The van der Waals surface area contributed by atoms with Gasteiger partial charge in [0.25, 0.3) is 0 Å². The number of amides is 1. The zero-order valence-corrected chi connectivity index (χ0v) is 14.2. The maximum Gasteiger partial charge on any atom is 0.247 e. The molecule has 6 nitrogen and oxygen atoms in total. The van der Waals surface area contributed by atoms with Crippen LogP contribution in [0.3, 0.4) is 0 Å². The van der Waals surface area contributed by atoms with E-state index in [4.69, 9.17) is 4.42 Å². The first kappa shape index (κ1) is 16.8. The highest BCUT2D eigenvalue weighted by atomic mass is 19.1. The zero-order chi connectivity index (χ0) is 18.6. The number of nitrogens with one attached hydrogen (secondary N) is 1. The van der Waals surface area contributed by atoms with Gasteiger partial charge < -0.3 is 9.73 Å². The number of hydrogen-bond donors (Lipinski definition) is 1. The van der Waals surface area contributed by atoms with Gasteiger partial charge in [0.2, 0.25) is 17.7 Å². The Morgan fingerprint density at radius 3 is 2.70 bits per heavy atom. The van der Waals surface area contributed by atoms with Crippen LogP contribution in [0.15, 0.2) is 65.2 Å². The summed E-state index contributed by atoms with van der Waals surface area (Å²) in [5.41, 5.74) is 2.03. The highest BCUT2D eigenvalue weighted by Crippen LogP contribution is 2.21. The van der Waals surface area contributed by atoms with E-state index >= 15 is 0 Å². The SMILES string of the molecule is O=C(CCc1nnc(-c2ccc(F)cc2)o1)Nc1cccc2cccnc12. The van der Waals surface area contributed by atoms with Gasteiger partial charge in [-0.2, -0.15) is 0 Å². The summed E-state index contributed by atoms with van der Waals surface area (Å²) in [5.74, 6) is 0.136. The number of aryl methyl sites for hydroxylation is 1. The van der Waals surface area contributed by atoms with E-state index in [0.717, 1.165) is 10.9 Å². The topological polar surface area (TPSA) is 80.9 Å². The van der Waals surface area contributed by atoms with Crippen molar-refractivity contribution in [3.8, 4) is 11.5 Å². The quantitative estimate of drug-likeness (QED) is 0.580. The lowest BCUT2D eigenvalue weighted by atomic mass is 10.2. The Balaban J connectivity index is 1.40. The van der Waals surface area contributed by atoms with Crippen LogP contribution in [0.1, 0.15) is 12.3 Å². The molecular formula is C20H15FN4O2. The van der Waals surface area contributed by atoms with Gasteiger partial charge in [-0.05, 0) is 36.4 Å². The Hall–Kier alpha value is -3.61. The molecule has 0 aliphatic heterocycles. The van der Waals surface area contributed by atoms with E-state index < -0.39 is 0 Å². The molecule has 2 aromatic carbocycles. The van der Waals surface area contributed by atoms with E-state index in [1.165, 1.54) is 12.1 Å². The maximum atomic E-state index is 13.0. The second-order valence-corrected chi connectivity index (χ2v) is 5.94. The number of para-hydroxylation sites is 1. The van der Waals surface area contributed by atoms with E-state index in [2.05, 4.69) is 20.5 Å². The number of halogens is 1. The molecular weight excluding hydrogens is 347 g/mol. The summed E-state index contributed by atoms with van der Waals surface area (Å²) in [6.45, 7) is 0. The summed E-state index contributed by atoms with van der Waals surface area (Å²) in [7, 11) is 0. The second-order valence-electron chi connectivity index (χ2n) is 5.94. The highest BCUT2D eigenvalue weighted by molar-refractivity contribution is 6.00. The van der Waals surface area contributed by atoms with Crippen LogP contribution in [0, 0.1) is 5.82 Å². The van der Waals surface area contributed by atoms with Gasteiger partial charge in [-0.15, -0.1) is 10.2 Å². The Morgan fingerprint density at radius 1 is 1.04 bits per heavy atom. The van der Waals surface area contributed by atoms with Crippen molar-refractivity contribution < 1.29 is 13.6 Å². The number of carbonyl (C=O) groups excluding carboxylic acids is 1. The van der Waals surface area contributed by atoms with E-state index in [1.807, 2.05) is 30.3 Å². The van der Waals surface area contributed by atoms with Crippen molar-refractivity contribution in [3.63, 3.8) is 0 Å². The number of carbonyl (C=O) groups is 1. The van der Waals surface area contributed by atoms with Gasteiger partial charge in [-0.1, -0.05) is 18.2 Å². The minimum absolute atomic E-state index is 0.172. The molecule has 0 radical (unpaired) electrons. The summed E-state index contributed by atoms with van der Waals surface area (Å²) in [5, 5.41) is 11.7. The van der Waals surface area contributed by atoms with Gasteiger partial charge >= 0.3 is 0 Å². The summed E-state index contributed by atoms with van der Waals surface area (Å²) < 4.78 is 18.5. The number of fused-ring (bicyclic) bond motifs is 1. The first-order valence-corrected chi connectivity index (χ1v) is 8.41. The number of rotatable bonds is 5. The molecule has 0 fully saturated rings. The van der Waals surface area contributed by atoms with Crippen molar-refractivity contribution in [1.82, 2.24) is 15.2 Å². The molecule has 4 aromatic rings. The predicted molar refractivity (Wildman–Crippen MR) is 98.4 cm³/mol. The number of benzene rings is 2. The normalized spacial score (nSPS) is 10.9. The minimum atomic E-state index is -0.335. The molecule has 4 rings (SSSR count). The van der Waals surface area contributed by atoms with Gasteiger partial charge in [0.15, 0.2) is 0 Å². The molecule has 1 N–H and O–H groups in total. The first-order chi connectivity index (χ1) is 13.2. The van der Waals surface area contributed by atoms with Crippen LogP contribution in [0.5, 0.6) is 0 Å². The number of aromatic nitrogens is 3. The third kappa shape index (κ3) is 3.82. The third-order valence-electron chi connectivity index (χ3n) is 4.03. The molecule has 0 saturated carbocycles. The van der Waals surface area contributed by atoms with Crippen molar-refractivity contribution >= 4 is 22.5 Å². The lowest BCUT2D eigenvalue weighted by molar-refractivity contribution is -0.116. The molecule has 0 unspecified atom stereocenters. The molecule has 7 heteroatoms. The van der Waals surface area contributed by atoms with Gasteiger partial charge in [0.05, 0.1) is 11.2 Å². The van der Waals surface area contributed by atoms with Crippen LogP contribution in [0.25, 0.3) is 22.4 Å². The average Bonchev–Trinajstić information content (AvgIpc) is 3.16. The fraction of sp³-hybridized carbons (Fsp3) is 0.100. The smallest absolute Gasteiger partial charge is 0.247 e. The van der Waals surface area contributed by atoms with Crippen molar-refractivity contribution in [2.75, 3.05) is 5.32 Å². The summed E-state index contributed by atoms with van der Waals surface area (Å²) in [6.07, 6.45) is 2.18. The number of pyridine rings is 1. The fourth-order valence-electron chi connectivity index (χ4n) is 2.70. The molecule has 0 aliphatic rings. The molecule has 0 spiro atoms. The van der Waals surface area contributed by atoms with Crippen molar-refractivity contribution in [3.05, 3.63) is 72.5 Å². The first-order valence-electron chi connectivity index (χ1n) is 8.41. The van der Waals surface area contributed by atoms with Crippen LogP contribution >= 0.6 is 0 Å². The number of hydrogen-bond acceptors (Lipinski definition) is 5. The molecule has 0 bridgehead atoms. The number of anilines is 1. The lowest BCUT2D eigenvalue weighted by Gasteiger charge is -2.07. The largest absolute Gasteiger partial charge is 0.421 e. The Labute approximate surface area is 154 Å². The third-order valence-corrected chi connectivity index (χ3v) is 4.03. The molecule has 0 saturated heterocycles. The Bertz CT molecular complexity index is 1090. The summed E-state index contributed by atoms with van der Waals surface area (Å²) in [4.78, 5) is 16.6. The zero-order valence-electron chi connectivity index (χ0n) is 14.2. The van der Waals surface area contributed by atoms with Crippen molar-refractivity contribution in [1.29, 1.82) is 0 Å². The van der Waals surface area contributed by atoms with Crippen LogP contribution < -0.4 is 5.32 Å². The Kier molecular flexibility index (Phi) is 4.57. The summed E-state index contributed by atoms with van der Waals surface area (Å²) >= 11 is 0. The molecule has 1 amide bonds. The molecule has 134 valence electrons. The van der Waals surface area contributed by atoms with Crippen LogP contribution in [0.4, 0.5) is 10.1 Å². The van der Waals surface area contributed by atoms with E-state index in [1.54, 1.807) is 18.3 Å². The van der Waals surface area contributed by atoms with Gasteiger partial charge in [-0.3, -0.25) is 9.78 Å². The minimum Gasteiger partial charge on any atom is -0.421 e. The van der Waals surface area contributed by atoms with E-state index in [0.29, 0.717) is 29.5 Å². The predicted octanol–water partition coefficient (Wildman–Crippen LogP) is 4.00. The average molecular weight is 362 g/mol. The summed E-state index contributed by atoms with van der Waals surface area (Å²) in [6, 6.07) is 15.2. The molecule has 27 heavy (non-hydrogen) atoms. The van der Waals surface area contributed by atoms with Gasteiger partial charge in [0, 0.05) is 30.0 Å². The van der Waals surface area contributed by atoms with E-state index in [-0.39, 0.29) is 18.1 Å². The molecule has 2 heterocycles. The van der Waals surface area contributed by atoms with Crippen molar-refractivity contribution in [2.45, 2.75) is 12.8 Å². The lowest BCUT2D eigenvalue weighted by Crippen LogP contribution is -2.13. The highest BCUT2D eigenvalue weighted by Gasteiger charge is 2.12. The monoisotopic (exact) mass is 362 g/mol.